The minimum absolute atomic E-state index is 0.220. The van der Waals surface area contributed by atoms with Crippen LogP contribution in [0.15, 0.2) is 0 Å². The van der Waals surface area contributed by atoms with Gasteiger partial charge >= 0.3 is 0 Å². The fraction of sp³-hybridized carbons (Fsp3) is 1.00. The first-order valence-electron chi connectivity index (χ1n) is 7.11. The van der Waals surface area contributed by atoms with E-state index >= 15 is 0 Å². The van der Waals surface area contributed by atoms with Crippen molar-refractivity contribution in [1.29, 1.82) is 0 Å². The Kier molecular flexibility index (Phi) is 6.42. The number of piperazine rings is 1. The minimum atomic E-state index is -0.220. The summed E-state index contributed by atoms with van der Waals surface area (Å²) in [4.78, 5) is 2.35. The first-order chi connectivity index (χ1) is 8.08. The second-order valence-corrected chi connectivity index (χ2v) is 5.87. The average Bonchev–Trinajstić information content (AvgIpc) is 2.30. The Morgan fingerprint density at radius 2 is 2.06 bits per heavy atom. The molecule has 1 aliphatic heterocycles. The lowest BCUT2D eigenvalue weighted by Gasteiger charge is -2.42. The van der Waals surface area contributed by atoms with Gasteiger partial charge in [-0.2, -0.15) is 0 Å². The van der Waals surface area contributed by atoms with Crippen LogP contribution in [0.5, 0.6) is 0 Å². The molecule has 0 aliphatic carbocycles. The van der Waals surface area contributed by atoms with Crippen LogP contribution < -0.4 is 5.32 Å². The highest BCUT2D eigenvalue weighted by molar-refractivity contribution is 4.88. The van der Waals surface area contributed by atoms with Gasteiger partial charge in [-0.15, -0.1) is 0 Å². The summed E-state index contributed by atoms with van der Waals surface area (Å²) < 4.78 is 12.6. The molecule has 3 atom stereocenters. The number of alkyl halides is 1. The van der Waals surface area contributed by atoms with Gasteiger partial charge in [0.05, 0.1) is 0 Å². The first-order valence-corrected chi connectivity index (χ1v) is 7.11. The molecule has 3 heteroatoms. The summed E-state index contributed by atoms with van der Waals surface area (Å²) in [5.74, 6) is 1.36. The molecule has 17 heavy (non-hydrogen) atoms. The maximum atomic E-state index is 12.6. The molecule has 1 heterocycles. The fourth-order valence-electron chi connectivity index (χ4n) is 2.71. The Labute approximate surface area is 106 Å². The second-order valence-electron chi connectivity index (χ2n) is 5.87. The number of hydrogen-bond acceptors (Lipinski definition) is 2. The summed E-state index contributed by atoms with van der Waals surface area (Å²) in [5, 5.41) is 3.65. The summed E-state index contributed by atoms with van der Waals surface area (Å²) >= 11 is 0. The first kappa shape index (κ1) is 14.9. The lowest BCUT2D eigenvalue weighted by Crippen LogP contribution is -2.59. The maximum absolute atomic E-state index is 12.6. The fourth-order valence-corrected chi connectivity index (χ4v) is 2.71. The Morgan fingerprint density at radius 1 is 1.35 bits per heavy atom. The van der Waals surface area contributed by atoms with Gasteiger partial charge in [0.25, 0.3) is 0 Å². The van der Waals surface area contributed by atoms with E-state index in [2.05, 4.69) is 37.9 Å². The molecule has 0 aromatic rings. The molecule has 1 aliphatic rings. The van der Waals surface area contributed by atoms with E-state index in [1.807, 2.05) is 0 Å². The highest BCUT2D eigenvalue weighted by Gasteiger charge is 2.29. The van der Waals surface area contributed by atoms with Crippen LogP contribution in [0.1, 0.15) is 40.5 Å². The molecule has 0 aromatic carbocycles. The van der Waals surface area contributed by atoms with Crippen LogP contribution in [0, 0.1) is 11.8 Å². The van der Waals surface area contributed by atoms with Crippen LogP contribution in [0.2, 0.25) is 0 Å². The summed E-state index contributed by atoms with van der Waals surface area (Å²) in [5.41, 5.74) is 0. The molecular formula is C14H29FN2. The lowest BCUT2D eigenvalue weighted by molar-refractivity contribution is 0.0894. The van der Waals surface area contributed by atoms with Crippen LogP contribution >= 0.6 is 0 Å². The van der Waals surface area contributed by atoms with Crippen molar-refractivity contribution in [3.8, 4) is 0 Å². The van der Waals surface area contributed by atoms with Crippen molar-refractivity contribution in [1.82, 2.24) is 10.2 Å². The molecule has 0 bridgehead atoms. The van der Waals surface area contributed by atoms with E-state index in [1.165, 1.54) is 12.8 Å². The van der Waals surface area contributed by atoms with Crippen molar-refractivity contribution in [2.75, 3.05) is 26.3 Å². The van der Waals surface area contributed by atoms with E-state index in [9.17, 15) is 4.39 Å². The number of rotatable bonds is 6. The van der Waals surface area contributed by atoms with Gasteiger partial charge in [-0.05, 0) is 18.3 Å². The van der Waals surface area contributed by atoms with Gasteiger partial charge in [-0.3, -0.25) is 4.90 Å². The van der Waals surface area contributed by atoms with Crippen molar-refractivity contribution in [2.24, 2.45) is 11.8 Å². The van der Waals surface area contributed by atoms with Crippen molar-refractivity contribution < 1.29 is 4.39 Å². The van der Waals surface area contributed by atoms with Crippen LogP contribution in [0.3, 0.4) is 0 Å². The predicted octanol–water partition coefficient (Wildman–Crippen LogP) is 2.69. The van der Waals surface area contributed by atoms with Crippen LogP contribution in [-0.4, -0.2) is 43.3 Å². The predicted molar refractivity (Wildman–Crippen MR) is 72.0 cm³/mol. The van der Waals surface area contributed by atoms with E-state index in [0.717, 1.165) is 13.1 Å². The molecule has 1 fully saturated rings. The molecule has 1 N–H and O–H groups in total. The standard InChI is InChI=1S/C14H29FN2/c1-5-12(4)14-10-17(7-6-15)13(9-16-14)8-11(2)3/h11-14,16H,5-10H2,1-4H3. The summed E-state index contributed by atoms with van der Waals surface area (Å²) in [6.45, 7) is 11.4. The molecule has 0 saturated carbocycles. The van der Waals surface area contributed by atoms with Gasteiger partial charge in [0.1, 0.15) is 6.67 Å². The third-order valence-electron chi connectivity index (χ3n) is 4.01. The topological polar surface area (TPSA) is 15.3 Å². The van der Waals surface area contributed by atoms with Gasteiger partial charge in [0.15, 0.2) is 0 Å². The highest BCUT2D eigenvalue weighted by Crippen LogP contribution is 2.19. The van der Waals surface area contributed by atoms with Gasteiger partial charge in [-0.1, -0.05) is 34.1 Å². The molecule has 102 valence electrons. The van der Waals surface area contributed by atoms with Gasteiger partial charge in [0, 0.05) is 31.7 Å². The maximum Gasteiger partial charge on any atom is 0.102 e. The molecule has 0 aromatic heterocycles. The Bertz CT molecular complexity index is 208. The van der Waals surface area contributed by atoms with E-state index in [1.54, 1.807) is 0 Å². The molecular weight excluding hydrogens is 215 g/mol. The minimum Gasteiger partial charge on any atom is -0.311 e. The Balaban J connectivity index is 2.54. The van der Waals surface area contributed by atoms with E-state index in [4.69, 9.17) is 0 Å². The quantitative estimate of drug-likeness (QED) is 0.773. The zero-order valence-electron chi connectivity index (χ0n) is 11.9. The highest BCUT2D eigenvalue weighted by atomic mass is 19.1. The van der Waals surface area contributed by atoms with Crippen molar-refractivity contribution in [2.45, 2.75) is 52.6 Å². The monoisotopic (exact) mass is 244 g/mol. The summed E-state index contributed by atoms with van der Waals surface area (Å²) in [6.07, 6.45) is 2.36. The van der Waals surface area contributed by atoms with Crippen LogP contribution in [-0.2, 0) is 0 Å². The van der Waals surface area contributed by atoms with Gasteiger partial charge < -0.3 is 5.32 Å². The molecule has 1 rings (SSSR count). The number of nitrogens with one attached hydrogen (secondary N) is 1. The van der Waals surface area contributed by atoms with E-state index < -0.39 is 0 Å². The number of hydrogen-bond donors (Lipinski definition) is 1. The van der Waals surface area contributed by atoms with E-state index in [-0.39, 0.29) is 6.67 Å². The van der Waals surface area contributed by atoms with E-state index in [0.29, 0.717) is 30.5 Å². The Morgan fingerprint density at radius 3 is 2.59 bits per heavy atom. The van der Waals surface area contributed by atoms with Crippen molar-refractivity contribution >= 4 is 0 Å². The summed E-state index contributed by atoms with van der Waals surface area (Å²) in [7, 11) is 0. The normalized spacial score (nSPS) is 28.6. The molecule has 0 amide bonds. The molecule has 1 saturated heterocycles. The zero-order chi connectivity index (χ0) is 12.8. The summed E-state index contributed by atoms with van der Waals surface area (Å²) in [6, 6.07) is 1.06. The molecule has 0 spiro atoms. The zero-order valence-corrected chi connectivity index (χ0v) is 11.9. The van der Waals surface area contributed by atoms with Gasteiger partial charge in [0.2, 0.25) is 0 Å². The largest absolute Gasteiger partial charge is 0.311 e. The second kappa shape index (κ2) is 7.32. The smallest absolute Gasteiger partial charge is 0.102 e. The molecule has 2 nitrogen and oxygen atoms in total. The average molecular weight is 244 g/mol. The van der Waals surface area contributed by atoms with Crippen LogP contribution in [0.4, 0.5) is 4.39 Å². The van der Waals surface area contributed by atoms with Crippen molar-refractivity contribution in [3.05, 3.63) is 0 Å². The molecule has 0 radical (unpaired) electrons. The Hall–Kier alpha value is -0.150. The van der Waals surface area contributed by atoms with Gasteiger partial charge in [-0.25, -0.2) is 4.39 Å². The van der Waals surface area contributed by atoms with Crippen LogP contribution in [0.25, 0.3) is 0 Å². The third kappa shape index (κ3) is 4.55. The lowest BCUT2D eigenvalue weighted by atomic mass is 9.93. The molecule has 3 unspecified atom stereocenters. The third-order valence-corrected chi connectivity index (χ3v) is 4.01. The number of nitrogens with zero attached hydrogens (tertiary/aromatic N) is 1. The SMILES string of the molecule is CCC(C)C1CN(CCF)C(CC(C)C)CN1. The van der Waals surface area contributed by atoms with Crippen molar-refractivity contribution in [3.63, 3.8) is 0 Å². The number of halogens is 1.